The van der Waals surface area contributed by atoms with Crippen molar-refractivity contribution in [3.8, 4) is 0 Å². The molecule has 3 rings (SSSR count). The Kier molecular flexibility index (Phi) is 4.57. The van der Waals surface area contributed by atoms with Gasteiger partial charge in [0, 0.05) is 37.3 Å². The van der Waals surface area contributed by atoms with Crippen LogP contribution in [-0.4, -0.2) is 53.0 Å². The minimum Gasteiger partial charge on any atom is -0.478 e. The lowest BCUT2D eigenvalue weighted by Gasteiger charge is -2.35. The number of aromatic carboxylic acids is 1. The molecule has 1 aliphatic heterocycles. The van der Waals surface area contributed by atoms with Crippen LogP contribution in [0.15, 0.2) is 35.8 Å². The summed E-state index contributed by atoms with van der Waals surface area (Å²) in [7, 11) is 0. The average Bonchev–Trinajstić information content (AvgIpc) is 3.08. The van der Waals surface area contributed by atoms with Gasteiger partial charge in [-0.25, -0.2) is 9.78 Å². The van der Waals surface area contributed by atoms with Crippen molar-refractivity contribution in [2.75, 3.05) is 31.1 Å². The van der Waals surface area contributed by atoms with Crippen LogP contribution in [-0.2, 0) is 11.2 Å². The first kappa shape index (κ1) is 15.5. The topological polar surface area (TPSA) is 73.7 Å². The molecule has 2 aromatic heterocycles. The van der Waals surface area contributed by atoms with Crippen LogP contribution in [0.3, 0.4) is 0 Å². The number of pyridine rings is 1. The molecule has 6 nitrogen and oxygen atoms in total. The maximum atomic E-state index is 12.3. The van der Waals surface area contributed by atoms with Gasteiger partial charge in [0.05, 0.1) is 6.42 Å². The van der Waals surface area contributed by atoms with Crippen LogP contribution >= 0.6 is 11.3 Å². The van der Waals surface area contributed by atoms with Crippen LogP contribution in [0, 0.1) is 0 Å². The first-order valence-corrected chi connectivity index (χ1v) is 8.26. The molecule has 120 valence electrons. The molecule has 1 saturated heterocycles. The Labute approximate surface area is 138 Å². The number of hydrogen-bond donors (Lipinski definition) is 1. The van der Waals surface area contributed by atoms with E-state index < -0.39 is 5.97 Å². The summed E-state index contributed by atoms with van der Waals surface area (Å²) in [5.41, 5.74) is 0.200. The third-order valence-corrected chi connectivity index (χ3v) is 4.73. The number of carbonyl (C=O) groups excluding carboxylic acids is 1. The van der Waals surface area contributed by atoms with E-state index in [4.69, 9.17) is 0 Å². The van der Waals surface area contributed by atoms with Crippen LogP contribution in [0.25, 0.3) is 0 Å². The summed E-state index contributed by atoms with van der Waals surface area (Å²) in [6.07, 6.45) is 2.03. The zero-order valence-corrected chi connectivity index (χ0v) is 13.3. The molecular formula is C16H17N3O3S. The standard InChI is InChI=1S/C16H17N3O3S/c20-14(11-12-3-2-10-23-12)18-6-8-19(9-7-18)15-13(16(21)22)4-1-5-17-15/h1-5,10H,6-9,11H2,(H,21,22). The molecule has 1 aliphatic rings. The molecule has 0 aromatic carbocycles. The molecule has 3 heterocycles. The minimum absolute atomic E-state index is 0.117. The second-order valence-corrected chi connectivity index (χ2v) is 6.34. The van der Waals surface area contributed by atoms with Gasteiger partial charge in [0.1, 0.15) is 11.4 Å². The fraction of sp³-hybridized carbons (Fsp3) is 0.312. The second kappa shape index (κ2) is 6.78. The molecule has 0 aliphatic carbocycles. The van der Waals surface area contributed by atoms with E-state index in [1.165, 1.54) is 0 Å². The Morgan fingerprint density at radius 2 is 1.96 bits per heavy atom. The fourth-order valence-corrected chi connectivity index (χ4v) is 3.35. The third-order valence-electron chi connectivity index (χ3n) is 3.85. The molecular weight excluding hydrogens is 314 g/mol. The van der Waals surface area contributed by atoms with E-state index in [1.807, 2.05) is 27.3 Å². The summed E-state index contributed by atoms with van der Waals surface area (Å²) in [6, 6.07) is 7.08. The predicted octanol–water partition coefficient (Wildman–Crippen LogP) is 1.73. The van der Waals surface area contributed by atoms with Crippen LogP contribution < -0.4 is 4.90 Å². The second-order valence-electron chi connectivity index (χ2n) is 5.30. The minimum atomic E-state index is -0.982. The molecule has 7 heteroatoms. The first-order chi connectivity index (χ1) is 11.1. The Morgan fingerprint density at radius 1 is 1.17 bits per heavy atom. The summed E-state index contributed by atoms with van der Waals surface area (Å²) in [6.45, 7) is 2.35. The highest BCUT2D eigenvalue weighted by molar-refractivity contribution is 7.10. The Hall–Kier alpha value is -2.41. The van der Waals surface area contributed by atoms with Gasteiger partial charge >= 0.3 is 5.97 Å². The maximum absolute atomic E-state index is 12.3. The molecule has 0 saturated carbocycles. The highest BCUT2D eigenvalue weighted by Gasteiger charge is 2.24. The van der Waals surface area contributed by atoms with Crippen molar-refractivity contribution in [3.63, 3.8) is 0 Å². The zero-order valence-electron chi connectivity index (χ0n) is 12.5. The van der Waals surface area contributed by atoms with E-state index in [-0.39, 0.29) is 11.5 Å². The van der Waals surface area contributed by atoms with E-state index >= 15 is 0 Å². The van der Waals surface area contributed by atoms with Gasteiger partial charge in [-0.15, -0.1) is 11.3 Å². The smallest absolute Gasteiger partial charge is 0.339 e. The van der Waals surface area contributed by atoms with Gasteiger partial charge in [-0.05, 0) is 23.6 Å². The van der Waals surface area contributed by atoms with Gasteiger partial charge in [-0.2, -0.15) is 0 Å². The fourth-order valence-electron chi connectivity index (χ4n) is 2.66. The summed E-state index contributed by atoms with van der Waals surface area (Å²) >= 11 is 1.58. The van der Waals surface area contributed by atoms with Gasteiger partial charge < -0.3 is 14.9 Å². The highest BCUT2D eigenvalue weighted by atomic mass is 32.1. The lowest BCUT2D eigenvalue weighted by molar-refractivity contribution is -0.130. The molecule has 0 atom stereocenters. The predicted molar refractivity (Wildman–Crippen MR) is 88.0 cm³/mol. The molecule has 0 unspecified atom stereocenters. The Bertz CT molecular complexity index is 694. The van der Waals surface area contributed by atoms with Crippen LogP contribution in [0.4, 0.5) is 5.82 Å². The van der Waals surface area contributed by atoms with Crippen molar-refractivity contribution in [2.24, 2.45) is 0 Å². The molecule has 1 N–H and O–H groups in total. The quantitative estimate of drug-likeness (QED) is 0.924. The number of thiophene rings is 1. The lowest BCUT2D eigenvalue weighted by atomic mass is 10.2. The van der Waals surface area contributed by atoms with Gasteiger partial charge in [0.25, 0.3) is 0 Å². The zero-order chi connectivity index (χ0) is 16.2. The van der Waals surface area contributed by atoms with Crippen molar-refractivity contribution in [2.45, 2.75) is 6.42 Å². The van der Waals surface area contributed by atoms with Crippen LogP contribution in [0.5, 0.6) is 0 Å². The van der Waals surface area contributed by atoms with Crippen molar-refractivity contribution < 1.29 is 14.7 Å². The highest BCUT2D eigenvalue weighted by Crippen LogP contribution is 2.19. The molecule has 23 heavy (non-hydrogen) atoms. The number of carboxylic acids is 1. The molecule has 0 spiro atoms. The SMILES string of the molecule is O=C(O)c1cccnc1N1CCN(C(=O)Cc2cccs2)CC1. The summed E-state index contributed by atoms with van der Waals surface area (Å²) in [4.78, 5) is 32.6. The lowest BCUT2D eigenvalue weighted by Crippen LogP contribution is -2.49. The van der Waals surface area contributed by atoms with E-state index in [0.717, 1.165) is 4.88 Å². The van der Waals surface area contributed by atoms with Crippen molar-refractivity contribution >= 4 is 29.0 Å². The van der Waals surface area contributed by atoms with Gasteiger partial charge in [-0.1, -0.05) is 6.07 Å². The number of carbonyl (C=O) groups is 2. The average molecular weight is 331 g/mol. The number of anilines is 1. The van der Waals surface area contributed by atoms with Crippen LogP contribution in [0.2, 0.25) is 0 Å². The van der Waals surface area contributed by atoms with E-state index in [0.29, 0.717) is 38.4 Å². The number of nitrogens with zero attached hydrogens (tertiary/aromatic N) is 3. The van der Waals surface area contributed by atoms with Gasteiger partial charge in [0.2, 0.25) is 5.91 Å². The van der Waals surface area contributed by atoms with Gasteiger partial charge in [-0.3, -0.25) is 4.79 Å². The number of carboxylic acid groups (broad SMARTS) is 1. The first-order valence-electron chi connectivity index (χ1n) is 7.38. The largest absolute Gasteiger partial charge is 0.478 e. The Balaban J connectivity index is 1.62. The van der Waals surface area contributed by atoms with Gasteiger partial charge in [0.15, 0.2) is 0 Å². The van der Waals surface area contributed by atoms with E-state index in [1.54, 1.807) is 29.7 Å². The number of hydrogen-bond acceptors (Lipinski definition) is 5. The van der Waals surface area contributed by atoms with E-state index in [2.05, 4.69) is 4.98 Å². The molecule has 1 fully saturated rings. The van der Waals surface area contributed by atoms with Crippen molar-refractivity contribution in [3.05, 3.63) is 46.3 Å². The molecule has 1 amide bonds. The van der Waals surface area contributed by atoms with Crippen molar-refractivity contribution in [1.29, 1.82) is 0 Å². The molecule has 2 aromatic rings. The third kappa shape index (κ3) is 3.50. The summed E-state index contributed by atoms with van der Waals surface area (Å²) in [5.74, 6) is -0.388. The van der Waals surface area contributed by atoms with Crippen molar-refractivity contribution in [1.82, 2.24) is 9.88 Å². The normalized spacial score (nSPS) is 14.8. The van der Waals surface area contributed by atoms with Crippen LogP contribution in [0.1, 0.15) is 15.2 Å². The summed E-state index contributed by atoms with van der Waals surface area (Å²) in [5, 5.41) is 11.2. The Morgan fingerprint density at radius 3 is 2.61 bits per heavy atom. The monoisotopic (exact) mass is 331 g/mol. The number of aromatic nitrogens is 1. The number of amides is 1. The number of piperazine rings is 1. The summed E-state index contributed by atoms with van der Waals surface area (Å²) < 4.78 is 0. The maximum Gasteiger partial charge on any atom is 0.339 e. The van der Waals surface area contributed by atoms with E-state index in [9.17, 15) is 14.7 Å². The number of rotatable bonds is 4. The molecule has 0 bridgehead atoms. The molecule has 0 radical (unpaired) electrons.